The van der Waals surface area contributed by atoms with Gasteiger partial charge in [0.1, 0.15) is 5.82 Å². The average Bonchev–Trinajstić information content (AvgIpc) is 2.28. The lowest BCUT2D eigenvalue weighted by Crippen LogP contribution is -2.39. The lowest BCUT2D eigenvalue weighted by Gasteiger charge is -2.35. The maximum Gasteiger partial charge on any atom is 0.129 e. The Morgan fingerprint density at radius 2 is 2.06 bits per heavy atom. The second-order valence-corrected chi connectivity index (χ2v) is 4.87. The molecule has 3 nitrogen and oxygen atoms in total. The summed E-state index contributed by atoms with van der Waals surface area (Å²) >= 11 is 0. The number of hydrogen-bond acceptors (Lipinski definition) is 3. The molecule has 0 N–H and O–H groups in total. The van der Waals surface area contributed by atoms with Crippen LogP contribution in [-0.4, -0.2) is 18.1 Å². The maximum absolute atomic E-state index is 8.87. The van der Waals surface area contributed by atoms with Crippen LogP contribution >= 0.6 is 0 Å². The van der Waals surface area contributed by atoms with Gasteiger partial charge in [-0.25, -0.2) is 4.98 Å². The summed E-state index contributed by atoms with van der Waals surface area (Å²) in [5.74, 6) is 2.35. The van der Waals surface area contributed by atoms with E-state index in [4.69, 9.17) is 5.26 Å². The molecular formula is C13H17N3. The van der Waals surface area contributed by atoms with Crippen LogP contribution in [0.25, 0.3) is 0 Å². The molecule has 16 heavy (non-hydrogen) atoms. The first-order chi connectivity index (χ1) is 7.69. The van der Waals surface area contributed by atoms with Crippen molar-refractivity contribution in [3.8, 4) is 6.07 Å². The number of rotatable bonds is 1. The molecule has 2 rings (SSSR count). The van der Waals surface area contributed by atoms with Crippen LogP contribution in [0.3, 0.4) is 0 Å². The second kappa shape index (κ2) is 4.52. The van der Waals surface area contributed by atoms with Gasteiger partial charge in [0.15, 0.2) is 0 Å². The summed E-state index contributed by atoms with van der Waals surface area (Å²) in [6.07, 6.45) is 3.01. The van der Waals surface area contributed by atoms with Crippen molar-refractivity contribution in [3.05, 3.63) is 23.9 Å². The van der Waals surface area contributed by atoms with Crippen molar-refractivity contribution >= 4 is 5.82 Å². The predicted octanol–water partition coefficient (Wildman–Crippen LogP) is 2.44. The maximum atomic E-state index is 8.87. The lowest BCUT2D eigenvalue weighted by molar-refractivity contribution is 0.355. The molecule has 1 fully saturated rings. The smallest absolute Gasteiger partial charge is 0.129 e. The number of anilines is 1. The highest BCUT2D eigenvalue weighted by Crippen LogP contribution is 2.25. The minimum absolute atomic E-state index is 0.691. The molecule has 0 amide bonds. The highest BCUT2D eigenvalue weighted by atomic mass is 15.2. The molecule has 0 radical (unpaired) electrons. The number of hydrogen-bond donors (Lipinski definition) is 0. The Bertz CT molecular complexity index is 398. The quantitative estimate of drug-likeness (QED) is 0.722. The van der Waals surface area contributed by atoms with Crippen LogP contribution in [0.2, 0.25) is 0 Å². The molecule has 2 unspecified atom stereocenters. The Labute approximate surface area is 96.7 Å². The molecule has 0 aliphatic carbocycles. The molecule has 1 aliphatic heterocycles. The van der Waals surface area contributed by atoms with Crippen LogP contribution in [0.1, 0.15) is 25.8 Å². The Morgan fingerprint density at radius 3 is 2.69 bits per heavy atom. The molecule has 0 saturated carbocycles. The van der Waals surface area contributed by atoms with Crippen LogP contribution in [0, 0.1) is 23.2 Å². The zero-order chi connectivity index (χ0) is 11.5. The van der Waals surface area contributed by atoms with Crippen molar-refractivity contribution in [1.82, 2.24) is 4.98 Å². The highest BCUT2D eigenvalue weighted by molar-refractivity contribution is 5.45. The summed E-state index contributed by atoms with van der Waals surface area (Å²) in [5.41, 5.74) is 0.691. The van der Waals surface area contributed by atoms with Gasteiger partial charge < -0.3 is 4.90 Å². The Kier molecular flexibility index (Phi) is 3.09. The summed E-state index contributed by atoms with van der Waals surface area (Å²) in [6, 6.07) is 5.79. The van der Waals surface area contributed by atoms with Gasteiger partial charge >= 0.3 is 0 Å². The van der Waals surface area contributed by atoms with Gasteiger partial charge in [0, 0.05) is 19.3 Å². The third-order valence-corrected chi connectivity index (χ3v) is 3.07. The number of piperidine rings is 1. The largest absolute Gasteiger partial charge is 0.356 e. The number of pyridine rings is 1. The zero-order valence-corrected chi connectivity index (χ0v) is 9.85. The molecule has 1 saturated heterocycles. The highest BCUT2D eigenvalue weighted by Gasteiger charge is 2.22. The van der Waals surface area contributed by atoms with E-state index >= 15 is 0 Å². The first-order valence-corrected chi connectivity index (χ1v) is 5.80. The molecule has 0 aromatic carbocycles. The van der Waals surface area contributed by atoms with Crippen molar-refractivity contribution in [2.45, 2.75) is 20.3 Å². The molecule has 84 valence electrons. The van der Waals surface area contributed by atoms with E-state index in [2.05, 4.69) is 29.8 Å². The SMILES string of the molecule is CC1CC(C)CN(c2cc(C#N)ccn2)C1. The molecular weight excluding hydrogens is 198 g/mol. The van der Waals surface area contributed by atoms with Crippen molar-refractivity contribution in [1.29, 1.82) is 5.26 Å². The van der Waals surface area contributed by atoms with E-state index in [9.17, 15) is 0 Å². The number of aromatic nitrogens is 1. The summed E-state index contributed by atoms with van der Waals surface area (Å²) in [4.78, 5) is 6.65. The van der Waals surface area contributed by atoms with Gasteiger partial charge in [-0.3, -0.25) is 0 Å². The fourth-order valence-corrected chi connectivity index (χ4v) is 2.51. The van der Waals surface area contributed by atoms with E-state index in [0.717, 1.165) is 18.9 Å². The molecule has 0 spiro atoms. The molecule has 1 aliphatic rings. The normalized spacial score (nSPS) is 25.2. The van der Waals surface area contributed by atoms with Gasteiger partial charge in [-0.1, -0.05) is 13.8 Å². The van der Waals surface area contributed by atoms with Crippen molar-refractivity contribution in [2.75, 3.05) is 18.0 Å². The van der Waals surface area contributed by atoms with Crippen LogP contribution < -0.4 is 4.90 Å². The van der Waals surface area contributed by atoms with Crippen LogP contribution in [0.4, 0.5) is 5.82 Å². The van der Waals surface area contributed by atoms with Crippen LogP contribution in [0.5, 0.6) is 0 Å². The van der Waals surface area contributed by atoms with Crippen LogP contribution in [-0.2, 0) is 0 Å². The molecule has 2 heterocycles. The van der Waals surface area contributed by atoms with Crippen molar-refractivity contribution < 1.29 is 0 Å². The second-order valence-electron chi connectivity index (χ2n) is 4.87. The van der Waals surface area contributed by atoms with Gasteiger partial charge in [0.05, 0.1) is 11.6 Å². The molecule has 1 aromatic heterocycles. The van der Waals surface area contributed by atoms with Crippen molar-refractivity contribution in [3.63, 3.8) is 0 Å². The van der Waals surface area contributed by atoms with E-state index in [-0.39, 0.29) is 0 Å². The standard InChI is InChI=1S/C13H17N3/c1-10-5-11(2)9-16(8-10)13-6-12(7-14)3-4-15-13/h3-4,6,10-11H,5,8-9H2,1-2H3. The fourth-order valence-electron chi connectivity index (χ4n) is 2.51. The predicted molar refractivity (Wildman–Crippen MR) is 64.1 cm³/mol. The minimum Gasteiger partial charge on any atom is -0.356 e. The van der Waals surface area contributed by atoms with E-state index in [0.29, 0.717) is 17.4 Å². The summed E-state index contributed by atoms with van der Waals surface area (Å²) in [6.45, 7) is 6.64. The zero-order valence-electron chi connectivity index (χ0n) is 9.85. The van der Waals surface area contributed by atoms with E-state index in [1.807, 2.05) is 6.07 Å². The number of nitriles is 1. The van der Waals surface area contributed by atoms with Gasteiger partial charge in [0.25, 0.3) is 0 Å². The Morgan fingerprint density at radius 1 is 1.38 bits per heavy atom. The summed E-state index contributed by atoms with van der Waals surface area (Å²) in [7, 11) is 0. The van der Waals surface area contributed by atoms with Gasteiger partial charge in [-0.15, -0.1) is 0 Å². The third kappa shape index (κ3) is 2.33. The van der Waals surface area contributed by atoms with E-state index in [1.165, 1.54) is 6.42 Å². The summed E-state index contributed by atoms with van der Waals surface area (Å²) in [5, 5.41) is 8.87. The van der Waals surface area contributed by atoms with Gasteiger partial charge in [-0.2, -0.15) is 5.26 Å². The monoisotopic (exact) mass is 215 g/mol. The van der Waals surface area contributed by atoms with E-state index < -0.39 is 0 Å². The molecule has 3 heteroatoms. The Hall–Kier alpha value is -1.56. The molecule has 0 bridgehead atoms. The topological polar surface area (TPSA) is 39.9 Å². The Balaban J connectivity index is 2.20. The summed E-state index contributed by atoms with van der Waals surface area (Å²) < 4.78 is 0. The molecule has 1 aromatic rings. The molecule has 2 atom stereocenters. The fraction of sp³-hybridized carbons (Fsp3) is 0.538. The van der Waals surface area contributed by atoms with Gasteiger partial charge in [-0.05, 0) is 30.4 Å². The number of nitrogens with zero attached hydrogens (tertiary/aromatic N) is 3. The van der Waals surface area contributed by atoms with Gasteiger partial charge in [0.2, 0.25) is 0 Å². The lowest BCUT2D eigenvalue weighted by atomic mass is 9.92. The first-order valence-electron chi connectivity index (χ1n) is 5.80. The van der Waals surface area contributed by atoms with E-state index in [1.54, 1.807) is 12.3 Å². The third-order valence-electron chi connectivity index (χ3n) is 3.07. The minimum atomic E-state index is 0.691. The van der Waals surface area contributed by atoms with Crippen LogP contribution in [0.15, 0.2) is 18.3 Å². The van der Waals surface area contributed by atoms with Crippen molar-refractivity contribution in [2.24, 2.45) is 11.8 Å². The average molecular weight is 215 g/mol. The first kappa shape index (κ1) is 10.9.